The van der Waals surface area contributed by atoms with Crippen molar-refractivity contribution in [1.82, 2.24) is 20.2 Å². The second-order valence-electron chi connectivity index (χ2n) is 8.78. The van der Waals surface area contributed by atoms with Crippen LogP contribution in [0.3, 0.4) is 0 Å². The number of hydrogen-bond donors (Lipinski definition) is 3. The summed E-state index contributed by atoms with van der Waals surface area (Å²) in [7, 11) is 0. The minimum atomic E-state index is -1.11. The lowest BCUT2D eigenvalue weighted by molar-refractivity contribution is -0.124. The number of benzene rings is 2. The number of carboxylic acid groups (broad SMARTS) is 1. The summed E-state index contributed by atoms with van der Waals surface area (Å²) < 4.78 is 7.15. The standard InChI is InChI=1S/C26H28N4O5/c1-16(2)23(24(31)27-11-12-30-13-22(25(32)33)28-15-30)29-26(34)35-14-21-19-9-5-3-7-17(19)18-8-4-6-10-20(18)21/h3-10,13,15-16,21,23H,11-12,14H2,1-2H3,(H,27,31)(H,29,34)(H,32,33)/t23-/m0/s1. The van der Waals surface area contributed by atoms with Gasteiger partial charge in [-0.3, -0.25) is 4.79 Å². The molecule has 9 nitrogen and oxygen atoms in total. The number of fused-ring (bicyclic) bond motifs is 3. The molecule has 2 aromatic carbocycles. The number of aromatic carboxylic acids is 1. The molecule has 0 aliphatic heterocycles. The number of nitrogens with zero attached hydrogens (tertiary/aromatic N) is 2. The molecule has 0 fully saturated rings. The van der Waals surface area contributed by atoms with Gasteiger partial charge in [0.15, 0.2) is 5.69 Å². The second kappa shape index (κ2) is 10.4. The smallest absolute Gasteiger partial charge is 0.407 e. The largest absolute Gasteiger partial charge is 0.476 e. The van der Waals surface area contributed by atoms with Crippen molar-refractivity contribution in [1.29, 1.82) is 0 Å². The number of alkyl carbamates (subject to hydrolysis) is 1. The maximum atomic E-state index is 12.7. The molecular weight excluding hydrogens is 448 g/mol. The summed E-state index contributed by atoms with van der Waals surface area (Å²) in [6, 6.07) is 15.4. The van der Waals surface area contributed by atoms with Crippen LogP contribution in [0.15, 0.2) is 61.1 Å². The van der Waals surface area contributed by atoms with Crippen LogP contribution >= 0.6 is 0 Å². The van der Waals surface area contributed by atoms with Crippen molar-refractivity contribution in [2.45, 2.75) is 32.4 Å². The van der Waals surface area contributed by atoms with Crippen LogP contribution < -0.4 is 10.6 Å². The number of imidazole rings is 1. The lowest BCUT2D eigenvalue weighted by Crippen LogP contribution is -2.50. The molecule has 2 amide bonds. The Hall–Kier alpha value is -4.14. The molecule has 182 valence electrons. The molecule has 1 atom stereocenters. The Morgan fingerprint density at radius 3 is 2.26 bits per heavy atom. The average Bonchev–Trinajstić information content (AvgIpc) is 3.44. The van der Waals surface area contributed by atoms with Gasteiger partial charge in [-0.15, -0.1) is 0 Å². The molecule has 0 unspecified atom stereocenters. The van der Waals surface area contributed by atoms with E-state index >= 15 is 0 Å². The van der Waals surface area contributed by atoms with Crippen LogP contribution in [-0.2, 0) is 16.1 Å². The zero-order valence-corrected chi connectivity index (χ0v) is 19.6. The van der Waals surface area contributed by atoms with Crippen molar-refractivity contribution < 1.29 is 24.2 Å². The van der Waals surface area contributed by atoms with Gasteiger partial charge in [0.25, 0.3) is 0 Å². The Balaban J connectivity index is 1.32. The highest BCUT2D eigenvalue weighted by molar-refractivity contribution is 5.86. The van der Waals surface area contributed by atoms with Gasteiger partial charge in [0.2, 0.25) is 5.91 Å². The number of rotatable bonds is 9. The second-order valence-corrected chi connectivity index (χ2v) is 8.78. The fraction of sp³-hybridized carbons (Fsp3) is 0.308. The van der Waals surface area contributed by atoms with E-state index in [1.165, 1.54) is 12.5 Å². The van der Waals surface area contributed by atoms with Gasteiger partial charge in [-0.25, -0.2) is 14.6 Å². The Morgan fingerprint density at radius 1 is 1.06 bits per heavy atom. The molecule has 0 bridgehead atoms. The topological polar surface area (TPSA) is 123 Å². The van der Waals surface area contributed by atoms with Gasteiger partial charge in [0.1, 0.15) is 12.6 Å². The van der Waals surface area contributed by atoms with Crippen molar-refractivity contribution in [3.05, 3.63) is 77.9 Å². The van der Waals surface area contributed by atoms with Crippen LogP contribution in [0.4, 0.5) is 4.79 Å². The fourth-order valence-corrected chi connectivity index (χ4v) is 4.31. The van der Waals surface area contributed by atoms with E-state index in [1.807, 2.05) is 50.2 Å². The minimum absolute atomic E-state index is 0.0618. The summed E-state index contributed by atoms with van der Waals surface area (Å²) in [5.74, 6) is -1.68. The van der Waals surface area contributed by atoms with E-state index in [0.717, 1.165) is 22.3 Å². The van der Waals surface area contributed by atoms with Crippen LogP contribution in [0.2, 0.25) is 0 Å². The van der Waals surface area contributed by atoms with Gasteiger partial charge < -0.3 is 25.0 Å². The van der Waals surface area contributed by atoms with Gasteiger partial charge in [0, 0.05) is 25.2 Å². The van der Waals surface area contributed by atoms with Crippen LogP contribution in [0.1, 0.15) is 41.4 Å². The molecule has 35 heavy (non-hydrogen) atoms. The van der Waals surface area contributed by atoms with Crippen molar-refractivity contribution in [3.8, 4) is 11.1 Å². The number of ether oxygens (including phenoxy) is 1. The molecule has 0 saturated heterocycles. The number of carboxylic acids is 1. The highest BCUT2D eigenvalue weighted by atomic mass is 16.5. The van der Waals surface area contributed by atoms with Gasteiger partial charge >= 0.3 is 12.1 Å². The highest BCUT2D eigenvalue weighted by Crippen LogP contribution is 2.44. The number of amides is 2. The Kier molecular flexibility index (Phi) is 7.14. The molecule has 1 aromatic heterocycles. The van der Waals surface area contributed by atoms with Crippen molar-refractivity contribution in [3.63, 3.8) is 0 Å². The summed E-state index contributed by atoms with van der Waals surface area (Å²) in [6.07, 6.45) is 2.13. The summed E-state index contributed by atoms with van der Waals surface area (Å²) in [5, 5.41) is 14.4. The molecule has 0 radical (unpaired) electrons. The van der Waals surface area contributed by atoms with E-state index in [1.54, 1.807) is 4.57 Å². The van der Waals surface area contributed by atoms with E-state index in [-0.39, 0.29) is 36.6 Å². The molecule has 0 spiro atoms. The third-order valence-corrected chi connectivity index (χ3v) is 6.09. The minimum Gasteiger partial charge on any atom is -0.476 e. The lowest BCUT2D eigenvalue weighted by Gasteiger charge is -2.22. The highest BCUT2D eigenvalue weighted by Gasteiger charge is 2.30. The zero-order valence-electron chi connectivity index (χ0n) is 19.6. The quantitative estimate of drug-likeness (QED) is 0.436. The van der Waals surface area contributed by atoms with E-state index in [9.17, 15) is 14.4 Å². The number of carbonyl (C=O) groups excluding carboxylic acids is 2. The first-order valence-electron chi connectivity index (χ1n) is 11.5. The van der Waals surface area contributed by atoms with Crippen LogP contribution in [0.25, 0.3) is 11.1 Å². The monoisotopic (exact) mass is 476 g/mol. The van der Waals surface area contributed by atoms with Crippen LogP contribution in [0.5, 0.6) is 0 Å². The lowest BCUT2D eigenvalue weighted by atomic mass is 9.98. The van der Waals surface area contributed by atoms with Crippen LogP contribution in [0, 0.1) is 5.92 Å². The average molecular weight is 477 g/mol. The first kappa shape index (κ1) is 24.0. The van der Waals surface area contributed by atoms with Gasteiger partial charge in [-0.2, -0.15) is 0 Å². The fourth-order valence-electron chi connectivity index (χ4n) is 4.31. The molecule has 4 rings (SSSR count). The molecular formula is C26H28N4O5. The SMILES string of the molecule is CC(C)[C@H](NC(=O)OCC1c2ccccc2-c2ccccc21)C(=O)NCCn1cnc(C(=O)O)c1. The summed E-state index contributed by atoms with van der Waals surface area (Å²) in [4.78, 5) is 40.0. The number of aromatic nitrogens is 2. The maximum absolute atomic E-state index is 12.7. The molecule has 0 saturated carbocycles. The number of nitrogens with one attached hydrogen (secondary N) is 2. The first-order chi connectivity index (χ1) is 16.8. The van der Waals surface area contributed by atoms with Gasteiger partial charge in [-0.05, 0) is 28.2 Å². The summed E-state index contributed by atoms with van der Waals surface area (Å²) in [6.45, 7) is 4.44. The molecule has 1 aliphatic carbocycles. The first-order valence-corrected chi connectivity index (χ1v) is 11.5. The molecule has 1 heterocycles. The van der Waals surface area contributed by atoms with Gasteiger partial charge in [0.05, 0.1) is 6.33 Å². The third kappa shape index (κ3) is 5.34. The summed E-state index contributed by atoms with van der Waals surface area (Å²) >= 11 is 0. The maximum Gasteiger partial charge on any atom is 0.407 e. The van der Waals surface area contributed by atoms with E-state index in [2.05, 4.69) is 27.8 Å². The van der Waals surface area contributed by atoms with E-state index in [0.29, 0.717) is 6.54 Å². The van der Waals surface area contributed by atoms with Crippen molar-refractivity contribution >= 4 is 18.0 Å². The van der Waals surface area contributed by atoms with E-state index < -0.39 is 18.1 Å². The predicted molar refractivity (Wildman–Crippen MR) is 129 cm³/mol. The van der Waals surface area contributed by atoms with E-state index in [4.69, 9.17) is 9.84 Å². The normalized spacial score (nSPS) is 13.1. The molecule has 1 aliphatic rings. The third-order valence-electron chi connectivity index (χ3n) is 6.09. The zero-order chi connectivity index (χ0) is 24.9. The Bertz CT molecular complexity index is 1190. The summed E-state index contributed by atoms with van der Waals surface area (Å²) in [5.41, 5.74) is 4.46. The van der Waals surface area contributed by atoms with Crippen molar-refractivity contribution in [2.24, 2.45) is 5.92 Å². The number of carbonyl (C=O) groups is 3. The Labute approximate surface area is 203 Å². The molecule has 9 heteroatoms. The van der Waals surface area contributed by atoms with Crippen molar-refractivity contribution in [2.75, 3.05) is 13.2 Å². The van der Waals surface area contributed by atoms with Gasteiger partial charge in [-0.1, -0.05) is 62.4 Å². The number of hydrogen-bond acceptors (Lipinski definition) is 5. The Morgan fingerprint density at radius 2 is 1.69 bits per heavy atom. The molecule has 3 aromatic rings. The molecule has 3 N–H and O–H groups in total. The van der Waals surface area contributed by atoms with Crippen LogP contribution in [-0.4, -0.2) is 51.8 Å². The predicted octanol–water partition coefficient (Wildman–Crippen LogP) is 3.26.